The molecule has 1 fully saturated rings. The van der Waals surface area contributed by atoms with Gasteiger partial charge in [0.15, 0.2) is 0 Å². The van der Waals surface area contributed by atoms with Gasteiger partial charge in [-0.05, 0) is 19.8 Å². The number of carboxylic acid groups (broad SMARTS) is 1. The minimum atomic E-state index is -0.915. The molecule has 0 radical (unpaired) electrons. The van der Waals surface area contributed by atoms with Crippen LogP contribution in [0.5, 0.6) is 0 Å². The van der Waals surface area contributed by atoms with Gasteiger partial charge in [-0.3, -0.25) is 0 Å². The Kier molecular flexibility index (Phi) is 5.55. The molecule has 2 amide bonds. The van der Waals surface area contributed by atoms with E-state index in [1.165, 1.54) is 4.90 Å². The zero-order valence-corrected chi connectivity index (χ0v) is 13.0. The Hall–Kier alpha value is -1.63. The summed E-state index contributed by atoms with van der Waals surface area (Å²) in [5, 5.41) is 15.1. The van der Waals surface area contributed by atoms with E-state index in [1.54, 1.807) is 11.3 Å². The van der Waals surface area contributed by atoms with Gasteiger partial charge >= 0.3 is 12.0 Å². The Labute approximate surface area is 128 Å². The average Bonchev–Trinajstić information content (AvgIpc) is 2.72. The molecule has 1 saturated heterocycles. The number of rotatable bonds is 4. The maximum atomic E-state index is 12.2. The van der Waals surface area contributed by atoms with E-state index in [0.29, 0.717) is 25.9 Å². The number of aryl methyl sites for hydroxylation is 1. The first-order chi connectivity index (χ1) is 10.1. The maximum Gasteiger partial charge on any atom is 0.326 e. The number of carbonyl (C=O) groups excluding carboxylic acids is 1. The number of aromatic nitrogens is 1. The number of nitrogens with one attached hydrogen (secondary N) is 1. The Morgan fingerprint density at radius 2 is 2.29 bits per heavy atom. The molecule has 0 aromatic carbocycles. The molecule has 1 unspecified atom stereocenters. The summed E-state index contributed by atoms with van der Waals surface area (Å²) >= 11 is 1.59. The van der Waals surface area contributed by atoms with Crippen LogP contribution in [0.4, 0.5) is 4.79 Å². The molecule has 0 spiro atoms. The van der Waals surface area contributed by atoms with Crippen LogP contribution >= 0.6 is 11.3 Å². The van der Waals surface area contributed by atoms with E-state index in [9.17, 15) is 14.7 Å². The van der Waals surface area contributed by atoms with Gasteiger partial charge in [-0.2, -0.15) is 0 Å². The van der Waals surface area contributed by atoms with Crippen LogP contribution in [0.25, 0.3) is 0 Å². The summed E-state index contributed by atoms with van der Waals surface area (Å²) in [5.41, 5.74) is 0.962. The highest BCUT2D eigenvalue weighted by Crippen LogP contribution is 2.17. The molecule has 0 aliphatic carbocycles. The Morgan fingerprint density at radius 3 is 2.95 bits per heavy atom. The lowest BCUT2D eigenvalue weighted by Gasteiger charge is -2.27. The standard InChI is InChI=1S/C14H21N3O3S/c1-10-16-11(9-21-10)6-7-15-14(20)17-8-4-2-3-5-12(17)13(18)19/h9,12H,2-8H2,1H3,(H,15,20)(H,18,19). The second kappa shape index (κ2) is 7.40. The number of hydrogen-bond acceptors (Lipinski definition) is 4. The predicted octanol–water partition coefficient (Wildman–Crippen LogP) is 2.03. The number of urea groups is 1. The Bertz CT molecular complexity index is 503. The highest BCUT2D eigenvalue weighted by Gasteiger charge is 2.30. The highest BCUT2D eigenvalue weighted by atomic mass is 32.1. The molecule has 1 aromatic heterocycles. The van der Waals surface area contributed by atoms with Crippen LogP contribution in [0, 0.1) is 6.92 Å². The fourth-order valence-electron chi connectivity index (χ4n) is 2.53. The highest BCUT2D eigenvalue weighted by molar-refractivity contribution is 7.09. The second-order valence-electron chi connectivity index (χ2n) is 5.24. The number of likely N-dealkylation sites (tertiary alicyclic amines) is 1. The summed E-state index contributed by atoms with van der Waals surface area (Å²) in [6.45, 7) is 2.94. The first kappa shape index (κ1) is 15.8. The minimum absolute atomic E-state index is 0.281. The largest absolute Gasteiger partial charge is 0.480 e. The number of nitrogens with zero attached hydrogens (tertiary/aromatic N) is 2. The molecule has 21 heavy (non-hydrogen) atoms. The molecule has 0 saturated carbocycles. The molecule has 1 atom stereocenters. The van der Waals surface area contributed by atoms with Crippen LogP contribution < -0.4 is 5.32 Å². The molecule has 6 nitrogen and oxygen atoms in total. The molecular weight excluding hydrogens is 290 g/mol. The fraction of sp³-hybridized carbons (Fsp3) is 0.643. The molecule has 1 aliphatic heterocycles. The molecule has 1 aromatic rings. The Balaban J connectivity index is 1.86. The van der Waals surface area contributed by atoms with E-state index < -0.39 is 12.0 Å². The van der Waals surface area contributed by atoms with Crippen molar-refractivity contribution in [3.8, 4) is 0 Å². The van der Waals surface area contributed by atoms with Gasteiger partial charge in [0.05, 0.1) is 10.7 Å². The van der Waals surface area contributed by atoms with E-state index in [0.717, 1.165) is 30.0 Å². The number of hydrogen-bond donors (Lipinski definition) is 2. The number of amides is 2. The van der Waals surface area contributed by atoms with Gasteiger partial charge in [-0.25, -0.2) is 14.6 Å². The summed E-state index contributed by atoms with van der Waals surface area (Å²) in [6.07, 6.45) is 3.91. The summed E-state index contributed by atoms with van der Waals surface area (Å²) in [6, 6.07) is -0.981. The van der Waals surface area contributed by atoms with Crippen LogP contribution in [0.15, 0.2) is 5.38 Å². The number of thiazole rings is 1. The van der Waals surface area contributed by atoms with Crippen molar-refractivity contribution in [1.29, 1.82) is 0 Å². The van der Waals surface area contributed by atoms with Gasteiger partial charge in [0.2, 0.25) is 0 Å². The van der Waals surface area contributed by atoms with Crippen molar-refractivity contribution in [2.45, 2.75) is 45.1 Å². The van der Waals surface area contributed by atoms with Crippen molar-refractivity contribution >= 4 is 23.3 Å². The molecule has 2 rings (SSSR count). The Morgan fingerprint density at radius 1 is 1.48 bits per heavy atom. The number of carboxylic acids is 1. The summed E-state index contributed by atoms with van der Waals surface area (Å²) < 4.78 is 0. The third-order valence-electron chi connectivity index (χ3n) is 3.62. The van der Waals surface area contributed by atoms with Crippen molar-refractivity contribution in [2.24, 2.45) is 0 Å². The van der Waals surface area contributed by atoms with Gasteiger partial charge in [0.25, 0.3) is 0 Å². The lowest BCUT2D eigenvalue weighted by molar-refractivity contribution is -0.142. The normalized spacial score (nSPS) is 19.1. The van der Waals surface area contributed by atoms with Crippen LogP contribution in [-0.2, 0) is 11.2 Å². The molecule has 2 heterocycles. The van der Waals surface area contributed by atoms with E-state index in [4.69, 9.17) is 0 Å². The molecular formula is C14H21N3O3S. The average molecular weight is 311 g/mol. The van der Waals surface area contributed by atoms with Gasteiger partial charge in [0.1, 0.15) is 6.04 Å². The smallest absolute Gasteiger partial charge is 0.326 e. The van der Waals surface area contributed by atoms with E-state index >= 15 is 0 Å². The minimum Gasteiger partial charge on any atom is -0.480 e. The maximum absolute atomic E-state index is 12.2. The third-order valence-corrected chi connectivity index (χ3v) is 4.44. The topological polar surface area (TPSA) is 82.5 Å². The van der Waals surface area contributed by atoms with Crippen molar-refractivity contribution in [3.63, 3.8) is 0 Å². The van der Waals surface area contributed by atoms with Gasteiger partial charge in [-0.1, -0.05) is 12.8 Å². The van der Waals surface area contributed by atoms with E-state index in [-0.39, 0.29) is 6.03 Å². The van der Waals surface area contributed by atoms with Crippen molar-refractivity contribution in [2.75, 3.05) is 13.1 Å². The van der Waals surface area contributed by atoms with E-state index in [1.807, 2.05) is 12.3 Å². The van der Waals surface area contributed by atoms with Crippen LogP contribution in [0.3, 0.4) is 0 Å². The van der Waals surface area contributed by atoms with Gasteiger partial charge in [-0.15, -0.1) is 11.3 Å². The van der Waals surface area contributed by atoms with Crippen molar-refractivity contribution < 1.29 is 14.7 Å². The lowest BCUT2D eigenvalue weighted by Crippen LogP contribution is -2.49. The summed E-state index contributed by atoms with van der Waals surface area (Å²) in [5.74, 6) is -0.915. The van der Waals surface area contributed by atoms with Gasteiger partial charge < -0.3 is 15.3 Å². The molecule has 7 heteroatoms. The zero-order valence-electron chi connectivity index (χ0n) is 12.2. The quantitative estimate of drug-likeness (QED) is 0.891. The first-order valence-corrected chi connectivity index (χ1v) is 8.14. The monoisotopic (exact) mass is 311 g/mol. The lowest BCUT2D eigenvalue weighted by atomic mass is 10.1. The second-order valence-corrected chi connectivity index (χ2v) is 6.30. The van der Waals surface area contributed by atoms with Crippen LogP contribution in [0.2, 0.25) is 0 Å². The summed E-state index contributed by atoms with van der Waals surface area (Å²) in [4.78, 5) is 29.3. The number of aliphatic carboxylic acids is 1. The van der Waals surface area contributed by atoms with Crippen molar-refractivity contribution in [3.05, 3.63) is 16.1 Å². The van der Waals surface area contributed by atoms with Gasteiger partial charge in [0, 0.05) is 24.9 Å². The van der Waals surface area contributed by atoms with E-state index in [2.05, 4.69) is 10.3 Å². The molecule has 2 N–H and O–H groups in total. The van der Waals surface area contributed by atoms with Crippen molar-refractivity contribution in [1.82, 2.24) is 15.2 Å². The molecule has 1 aliphatic rings. The molecule has 116 valence electrons. The third kappa shape index (κ3) is 4.42. The van der Waals surface area contributed by atoms with Crippen LogP contribution in [0.1, 0.15) is 36.4 Å². The fourth-order valence-corrected chi connectivity index (χ4v) is 3.18. The number of carbonyl (C=O) groups is 2. The van der Waals surface area contributed by atoms with Crippen LogP contribution in [-0.4, -0.2) is 46.1 Å². The predicted molar refractivity (Wildman–Crippen MR) is 80.6 cm³/mol. The SMILES string of the molecule is Cc1nc(CCNC(=O)N2CCCCCC2C(=O)O)cs1. The first-order valence-electron chi connectivity index (χ1n) is 7.26. The zero-order chi connectivity index (χ0) is 15.2. The summed E-state index contributed by atoms with van der Waals surface area (Å²) in [7, 11) is 0. The molecule has 0 bridgehead atoms.